The van der Waals surface area contributed by atoms with Gasteiger partial charge in [0.2, 0.25) is 31.9 Å². The van der Waals surface area contributed by atoms with Crippen LogP contribution in [0.5, 0.6) is 0 Å². The Morgan fingerprint density at radius 2 is 1.43 bits per heavy atom. The standard InChI is InChI=1S/C22H24N4O7S2/c1-16(27)24-17-7-11-21(12-8-17)35(31,32)26(2)15-22(28)25-18-5-9-20(10-6-18)34(29,30)23-14-19-4-3-13-33-19/h3-13,23H,14-15H2,1-2H3,(H,24,27)(H,25,28). The van der Waals surface area contributed by atoms with E-state index in [9.17, 15) is 26.4 Å². The Morgan fingerprint density at radius 1 is 0.857 bits per heavy atom. The fourth-order valence-corrected chi connectivity index (χ4v) is 5.08. The average molecular weight is 521 g/mol. The number of carbonyl (C=O) groups excluding carboxylic acids is 2. The van der Waals surface area contributed by atoms with Crippen molar-refractivity contribution in [3.8, 4) is 0 Å². The van der Waals surface area contributed by atoms with E-state index in [1.165, 1.54) is 68.8 Å². The van der Waals surface area contributed by atoms with Crippen molar-refractivity contribution in [2.24, 2.45) is 0 Å². The molecule has 3 aromatic rings. The molecule has 0 radical (unpaired) electrons. The second kappa shape index (κ2) is 10.8. The predicted molar refractivity (Wildman–Crippen MR) is 128 cm³/mol. The SMILES string of the molecule is CC(=O)Nc1ccc(S(=O)(=O)N(C)CC(=O)Nc2ccc(S(=O)(=O)NCc3ccco3)cc2)cc1. The molecule has 0 atom stereocenters. The molecule has 3 N–H and O–H groups in total. The van der Waals surface area contributed by atoms with Gasteiger partial charge in [-0.25, -0.2) is 21.6 Å². The molecule has 0 fully saturated rings. The van der Waals surface area contributed by atoms with Gasteiger partial charge in [0.05, 0.1) is 29.1 Å². The van der Waals surface area contributed by atoms with Gasteiger partial charge in [0.25, 0.3) is 0 Å². The lowest BCUT2D eigenvalue weighted by Crippen LogP contribution is -2.35. The summed E-state index contributed by atoms with van der Waals surface area (Å²) in [6.45, 7) is 0.855. The monoisotopic (exact) mass is 520 g/mol. The molecular formula is C22H24N4O7S2. The fourth-order valence-electron chi connectivity index (χ4n) is 2.96. The Hall–Kier alpha value is -3.52. The van der Waals surface area contributed by atoms with Crippen molar-refractivity contribution in [1.82, 2.24) is 9.03 Å². The number of nitrogens with one attached hydrogen (secondary N) is 3. The maximum atomic E-state index is 12.7. The molecule has 11 nitrogen and oxygen atoms in total. The van der Waals surface area contributed by atoms with Gasteiger partial charge in [-0.05, 0) is 60.7 Å². The second-order valence-electron chi connectivity index (χ2n) is 7.44. The van der Waals surface area contributed by atoms with Crippen LogP contribution in [0, 0.1) is 0 Å². The Balaban J connectivity index is 1.58. The molecule has 1 heterocycles. The van der Waals surface area contributed by atoms with Gasteiger partial charge >= 0.3 is 0 Å². The first-order valence-electron chi connectivity index (χ1n) is 10.2. The molecule has 0 unspecified atom stereocenters. The van der Waals surface area contributed by atoms with Crippen LogP contribution in [0.25, 0.3) is 0 Å². The summed E-state index contributed by atoms with van der Waals surface area (Å²) in [7, 11) is -6.49. The molecule has 186 valence electrons. The highest BCUT2D eigenvalue weighted by atomic mass is 32.2. The zero-order valence-electron chi connectivity index (χ0n) is 18.9. The number of carbonyl (C=O) groups is 2. The van der Waals surface area contributed by atoms with Gasteiger partial charge in [0.15, 0.2) is 0 Å². The molecule has 1 aromatic heterocycles. The molecule has 2 aromatic carbocycles. The molecule has 0 aliphatic heterocycles. The summed E-state index contributed by atoms with van der Waals surface area (Å²) in [6, 6.07) is 14.3. The smallest absolute Gasteiger partial charge is 0.243 e. The highest BCUT2D eigenvalue weighted by Gasteiger charge is 2.23. The predicted octanol–water partition coefficient (Wildman–Crippen LogP) is 1.98. The summed E-state index contributed by atoms with van der Waals surface area (Å²) in [6.07, 6.45) is 1.44. The molecule has 0 spiro atoms. The number of likely N-dealkylation sites (N-methyl/N-ethyl adjacent to an activating group) is 1. The normalized spacial score (nSPS) is 11.9. The highest BCUT2D eigenvalue weighted by Crippen LogP contribution is 2.18. The van der Waals surface area contributed by atoms with Crippen molar-refractivity contribution in [3.05, 3.63) is 72.7 Å². The first-order chi connectivity index (χ1) is 16.5. The van der Waals surface area contributed by atoms with Crippen LogP contribution in [0.3, 0.4) is 0 Å². The largest absolute Gasteiger partial charge is 0.468 e. The zero-order valence-corrected chi connectivity index (χ0v) is 20.5. The summed E-state index contributed by atoms with van der Waals surface area (Å²) in [5, 5.41) is 5.08. The van der Waals surface area contributed by atoms with E-state index in [1.54, 1.807) is 12.1 Å². The van der Waals surface area contributed by atoms with Gasteiger partial charge in [-0.1, -0.05) is 0 Å². The molecule has 0 aliphatic carbocycles. The first-order valence-corrected chi connectivity index (χ1v) is 13.2. The molecule has 3 rings (SSSR count). The first kappa shape index (κ1) is 26.1. The maximum Gasteiger partial charge on any atom is 0.243 e. The third-order valence-electron chi connectivity index (χ3n) is 4.71. The molecular weight excluding hydrogens is 496 g/mol. The van der Waals surface area contributed by atoms with Gasteiger partial charge in [-0.15, -0.1) is 0 Å². The van der Waals surface area contributed by atoms with Gasteiger partial charge < -0.3 is 15.1 Å². The van der Waals surface area contributed by atoms with Crippen LogP contribution < -0.4 is 15.4 Å². The van der Waals surface area contributed by atoms with Crippen molar-refractivity contribution in [2.75, 3.05) is 24.2 Å². The zero-order chi connectivity index (χ0) is 25.6. The number of sulfonamides is 2. The molecule has 2 amide bonds. The van der Waals surface area contributed by atoms with Crippen molar-refractivity contribution >= 4 is 43.2 Å². The Kier molecular flexibility index (Phi) is 8.07. The van der Waals surface area contributed by atoms with E-state index in [0.717, 1.165) is 4.31 Å². The van der Waals surface area contributed by atoms with Gasteiger partial charge in [0.1, 0.15) is 5.76 Å². The summed E-state index contributed by atoms with van der Waals surface area (Å²) in [5.41, 5.74) is 0.740. The van der Waals surface area contributed by atoms with Crippen LogP contribution in [0.2, 0.25) is 0 Å². The molecule has 35 heavy (non-hydrogen) atoms. The van der Waals surface area contributed by atoms with Gasteiger partial charge in [0, 0.05) is 25.3 Å². The minimum Gasteiger partial charge on any atom is -0.468 e. The number of hydrogen-bond acceptors (Lipinski definition) is 7. The summed E-state index contributed by atoms with van der Waals surface area (Å²) >= 11 is 0. The number of rotatable bonds is 10. The molecule has 0 bridgehead atoms. The van der Waals surface area contributed by atoms with E-state index in [1.807, 2.05) is 0 Å². The Morgan fingerprint density at radius 3 is 1.97 bits per heavy atom. The number of benzene rings is 2. The van der Waals surface area contributed by atoms with E-state index < -0.39 is 32.5 Å². The Bertz CT molecular complexity index is 1380. The minimum atomic E-state index is -3.96. The molecule has 0 saturated carbocycles. The number of hydrogen-bond donors (Lipinski definition) is 3. The maximum absolute atomic E-state index is 12.7. The Labute approximate surface area is 203 Å². The van der Waals surface area contributed by atoms with E-state index in [2.05, 4.69) is 15.4 Å². The van der Waals surface area contributed by atoms with E-state index in [4.69, 9.17) is 4.42 Å². The van der Waals surface area contributed by atoms with Gasteiger partial charge in [-0.2, -0.15) is 4.31 Å². The van der Waals surface area contributed by atoms with Crippen LogP contribution in [0.1, 0.15) is 12.7 Å². The summed E-state index contributed by atoms with van der Waals surface area (Å²) in [4.78, 5) is 23.4. The number of nitrogens with zero attached hydrogens (tertiary/aromatic N) is 1. The minimum absolute atomic E-state index is 0.00933. The van der Waals surface area contributed by atoms with Crippen LogP contribution in [0.4, 0.5) is 11.4 Å². The quantitative estimate of drug-likeness (QED) is 0.369. The third kappa shape index (κ3) is 6.99. The van der Waals surface area contributed by atoms with E-state index >= 15 is 0 Å². The topological polar surface area (TPSA) is 155 Å². The van der Waals surface area contributed by atoms with E-state index in [-0.39, 0.29) is 22.2 Å². The lowest BCUT2D eigenvalue weighted by Gasteiger charge is -2.17. The van der Waals surface area contributed by atoms with Crippen LogP contribution >= 0.6 is 0 Å². The lowest BCUT2D eigenvalue weighted by atomic mass is 10.3. The summed E-state index contributed by atoms with van der Waals surface area (Å²) in [5.74, 6) is -0.442. The molecule has 13 heteroatoms. The second-order valence-corrected chi connectivity index (χ2v) is 11.3. The van der Waals surface area contributed by atoms with Crippen molar-refractivity contribution in [2.45, 2.75) is 23.3 Å². The number of amides is 2. The van der Waals surface area contributed by atoms with Crippen molar-refractivity contribution < 1.29 is 30.8 Å². The van der Waals surface area contributed by atoms with Crippen LogP contribution in [-0.4, -0.2) is 46.5 Å². The number of furan rings is 1. The highest BCUT2D eigenvalue weighted by molar-refractivity contribution is 7.89. The van der Waals surface area contributed by atoms with Crippen LogP contribution in [-0.2, 0) is 36.2 Å². The van der Waals surface area contributed by atoms with Crippen LogP contribution in [0.15, 0.2) is 81.1 Å². The molecule has 0 saturated heterocycles. The number of anilines is 2. The molecule has 0 aliphatic rings. The lowest BCUT2D eigenvalue weighted by molar-refractivity contribution is -0.116. The van der Waals surface area contributed by atoms with Crippen molar-refractivity contribution in [3.63, 3.8) is 0 Å². The average Bonchev–Trinajstić information content (AvgIpc) is 3.32. The third-order valence-corrected chi connectivity index (χ3v) is 7.95. The van der Waals surface area contributed by atoms with Crippen molar-refractivity contribution in [1.29, 1.82) is 0 Å². The fraction of sp³-hybridized carbons (Fsp3) is 0.182. The van der Waals surface area contributed by atoms with E-state index in [0.29, 0.717) is 17.1 Å². The summed E-state index contributed by atoms with van der Waals surface area (Å²) < 4.78 is 58.6. The van der Waals surface area contributed by atoms with Gasteiger partial charge in [-0.3, -0.25) is 9.59 Å².